The highest BCUT2D eigenvalue weighted by molar-refractivity contribution is 5.76. The van der Waals surface area contributed by atoms with E-state index in [0.717, 1.165) is 16.7 Å². The molecule has 5 heteroatoms. The molecule has 4 nitrogen and oxygen atoms in total. The van der Waals surface area contributed by atoms with Crippen LogP contribution >= 0.6 is 0 Å². The van der Waals surface area contributed by atoms with E-state index in [2.05, 4.69) is 5.32 Å². The van der Waals surface area contributed by atoms with Gasteiger partial charge in [0.1, 0.15) is 11.6 Å². The highest BCUT2D eigenvalue weighted by Gasteiger charge is 2.33. The molecule has 3 aromatic rings. The van der Waals surface area contributed by atoms with Gasteiger partial charge in [-0.3, -0.25) is 0 Å². The van der Waals surface area contributed by atoms with Crippen LogP contribution in [0.4, 0.5) is 9.18 Å². The molecule has 0 spiro atoms. The van der Waals surface area contributed by atoms with Crippen molar-refractivity contribution in [3.8, 4) is 5.75 Å². The molecule has 2 N–H and O–H groups in total. The van der Waals surface area contributed by atoms with Gasteiger partial charge in [-0.25, -0.2) is 9.18 Å². The number of benzene rings is 3. The molecular weight excluding hydrogens is 355 g/mol. The van der Waals surface area contributed by atoms with E-state index in [1.165, 1.54) is 18.2 Å². The zero-order valence-electron chi connectivity index (χ0n) is 15.3. The van der Waals surface area contributed by atoms with Crippen molar-refractivity contribution in [2.24, 2.45) is 0 Å². The van der Waals surface area contributed by atoms with Crippen LogP contribution in [-0.4, -0.2) is 22.6 Å². The summed E-state index contributed by atoms with van der Waals surface area (Å²) < 4.78 is 13.9. The minimum Gasteiger partial charge on any atom is -0.508 e. The van der Waals surface area contributed by atoms with Gasteiger partial charge in [-0.05, 0) is 41.3 Å². The minimum absolute atomic E-state index is 0.0241. The van der Waals surface area contributed by atoms with Gasteiger partial charge in [0.05, 0.1) is 6.04 Å². The van der Waals surface area contributed by atoms with Crippen molar-refractivity contribution in [1.82, 2.24) is 10.2 Å². The number of carbonyl (C=O) groups excluding carboxylic acids is 1. The maximum Gasteiger partial charge on any atom is 0.318 e. The maximum absolute atomic E-state index is 13.9. The molecule has 0 saturated carbocycles. The van der Waals surface area contributed by atoms with Crippen molar-refractivity contribution in [3.05, 3.63) is 101 Å². The second-order valence-electron chi connectivity index (χ2n) is 6.89. The lowest BCUT2D eigenvalue weighted by molar-refractivity contribution is 0.178. The van der Waals surface area contributed by atoms with Gasteiger partial charge in [0.25, 0.3) is 0 Å². The maximum atomic E-state index is 13.9. The molecule has 0 aromatic heterocycles. The Balaban J connectivity index is 1.67. The smallest absolute Gasteiger partial charge is 0.318 e. The molecule has 0 saturated heterocycles. The van der Waals surface area contributed by atoms with Gasteiger partial charge in [-0.15, -0.1) is 0 Å². The number of amides is 2. The van der Waals surface area contributed by atoms with Crippen molar-refractivity contribution >= 4 is 6.03 Å². The Morgan fingerprint density at radius 2 is 1.79 bits per heavy atom. The second-order valence-corrected chi connectivity index (χ2v) is 6.89. The van der Waals surface area contributed by atoms with Gasteiger partial charge in [0.15, 0.2) is 0 Å². The third kappa shape index (κ3) is 3.56. The fraction of sp³-hybridized carbons (Fsp3) is 0.174. The van der Waals surface area contributed by atoms with Crippen molar-refractivity contribution in [3.63, 3.8) is 0 Å². The van der Waals surface area contributed by atoms with Crippen molar-refractivity contribution in [2.45, 2.75) is 19.0 Å². The van der Waals surface area contributed by atoms with E-state index >= 15 is 0 Å². The number of halogens is 1. The normalized spacial score (nSPS) is 15.8. The molecule has 1 aliphatic heterocycles. The van der Waals surface area contributed by atoms with Gasteiger partial charge < -0.3 is 15.3 Å². The fourth-order valence-electron chi connectivity index (χ4n) is 3.74. The quantitative estimate of drug-likeness (QED) is 0.712. The van der Waals surface area contributed by atoms with E-state index in [1.54, 1.807) is 4.90 Å². The number of urea groups is 1. The average molecular weight is 376 g/mol. The monoisotopic (exact) mass is 376 g/mol. The van der Waals surface area contributed by atoms with Crippen molar-refractivity contribution in [1.29, 1.82) is 0 Å². The summed E-state index contributed by atoms with van der Waals surface area (Å²) >= 11 is 0. The predicted octanol–water partition coefficient (Wildman–Crippen LogP) is 4.39. The molecule has 142 valence electrons. The Morgan fingerprint density at radius 1 is 1.04 bits per heavy atom. The highest BCUT2D eigenvalue weighted by Crippen LogP contribution is 2.39. The summed E-state index contributed by atoms with van der Waals surface area (Å²) in [4.78, 5) is 14.7. The molecule has 1 aliphatic rings. The Morgan fingerprint density at radius 3 is 2.61 bits per heavy atom. The number of hydrogen-bond donors (Lipinski definition) is 2. The van der Waals surface area contributed by atoms with Crippen LogP contribution in [0.5, 0.6) is 5.75 Å². The lowest BCUT2D eigenvalue weighted by Gasteiger charge is -2.38. The first-order valence-corrected chi connectivity index (χ1v) is 9.28. The third-order valence-corrected chi connectivity index (χ3v) is 5.11. The van der Waals surface area contributed by atoms with Gasteiger partial charge in [-0.1, -0.05) is 54.6 Å². The van der Waals surface area contributed by atoms with Crippen LogP contribution in [0.25, 0.3) is 0 Å². The molecular formula is C23H21FN2O2. The van der Waals surface area contributed by atoms with Gasteiger partial charge in [-0.2, -0.15) is 0 Å². The van der Waals surface area contributed by atoms with Crippen LogP contribution in [-0.2, 0) is 13.0 Å². The Bertz CT molecular complexity index is 991. The molecule has 28 heavy (non-hydrogen) atoms. The van der Waals surface area contributed by atoms with Gasteiger partial charge >= 0.3 is 6.03 Å². The molecule has 0 aliphatic carbocycles. The first-order valence-electron chi connectivity index (χ1n) is 9.28. The number of carbonyl (C=O) groups is 1. The zero-order valence-corrected chi connectivity index (χ0v) is 15.3. The van der Waals surface area contributed by atoms with Gasteiger partial charge in [0, 0.05) is 18.7 Å². The number of fused-ring (bicyclic) bond motifs is 1. The van der Waals surface area contributed by atoms with Crippen LogP contribution < -0.4 is 5.32 Å². The first kappa shape index (κ1) is 18.0. The summed E-state index contributed by atoms with van der Waals surface area (Å²) in [5.74, 6) is -0.468. The van der Waals surface area contributed by atoms with E-state index in [4.69, 9.17) is 0 Å². The summed E-state index contributed by atoms with van der Waals surface area (Å²) in [5, 5.41) is 13.3. The molecule has 1 heterocycles. The van der Waals surface area contributed by atoms with Crippen molar-refractivity contribution in [2.75, 3.05) is 6.54 Å². The number of hydrogen-bond acceptors (Lipinski definition) is 2. The first-order chi connectivity index (χ1) is 13.6. The molecule has 0 fully saturated rings. The molecule has 0 bridgehead atoms. The van der Waals surface area contributed by atoms with E-state index < -0.39 is 11.9 Å². The van der Waals surface area contributed by atoms with Crippen LogP contribution in [0.15, 0.2) is 72.8 Å². The van der Waals surface area contributed by atoms with Gasteiger partial charge in [0.2, 0.25) is 0 Å². The number of rotatable bonds is 3. The molecule has 1 unspecified atom stereocenters. The Hall–Kier alpha value is -3.34. The molecule has 3 aromatic carbocycles. The summed E-state index contributed by atoms with van der Waals surface area (Å²) in [6.07, 6.45) is 0.710. The number of nitrogens with one attached hydrogen (secondary N) is 1. The average Bonchev–Trinajstić information content (AvgIpc) is 2.74. The number of aromatic hydroxyl groups is 1. The molecule has 0 radical (unpaired) electrons. The zero-order chi connectivity index (χ0) is 19.5. The Labute approximate surface area is 163 Å². The van der Waals surface area contributed by atoms with E-state index in [0.29, 0.717) is 25.1 Å². The fourth-order valence-corrected chi connectivity index (χ4v) is 3.74. The lowest BCUT2D eigenvalue weighted by Crippen LogP contribution is -2.45. The van der Waals surface area contributed by atoms with Crippen LogP contribution in [0.3, 0.4) is 0 Å². The van der Waals surface area contributed by atoms with E-state index in [9.17, 15) is 14.3 Å². The number of nitrogens with zero attached hydrogens (tertiary/aromatic N) is 1. The Kier molecular flexibility index (Phi) is 4.98. The largest absolute Gasteiger partial charge is 0.508 e. The van der Waals surface area contributed by atoms with Crippen molar-refractivity contribution < 1.29 is 14.3 Å². The summed E-state index contributed by atoms with van der Waals surface area (Å²) in [5.41, 5.74) is 3.40. The molecule has 2 amide bonds. The summed E-state index contributed by atoms with van der Waals surface area (Å²) in [6, 6.07) is 20.5. The van der Waals surface area contributed by atoms with Crippen LogP contribution in [0, 0.1) is 5.82 Å². The van der Waals surface area contributed by atoms with E-state index in [-0.39, 0.29) is 11.8 Å². The number of phenolic OH excluding ortho intramolecular Hbond substituents is 1. The summed E-state index contributed by atoms with van der Waals surface area (Å²) in [7, 11) is 0. The topological polar surface area (TPSA) is 52.6 Å². The van der Waals surface area contributed by atoms with Crippen LogP contribution in [0.1, 0.15) is 28.3 Å². The third-order valence-electron chi connectivity index (χ3n) is 5.11. The standard InChI is InChI=1S/C23H21FN2O2/c24-18-10-11-21(27)20(14-18)22-19-9-5-4-8-17(19)12-13-26(22)23(28)25-15-16-6-2-1-3-7-16/h1-11,14,22,27H,12-13,15H2,(H,25,28). The SMILES string of the molecule is O=C(NCc1ccccc1)N1CCc2ccccc2C1c1cc(F)ccc1O. The second kappa shape index (κ2) is 7.72. The molecule has 4 rings (SSSR count). The number of phenols is 1. The lowest BCUT2D eigenvalue weighted by atomic mass is 9.88. The van der Waals surface area contributed by atoms with Crippen LogP contribution in [0.2, 0.25) is 0 Å². The minimum atomic E-state index is -0.545. The predicted molar refractivity (Wildman–Crippen MR) is 105 cm³/mol. The molecule has 1 atom stereocenters. The van der Waals surface area contributed by atoms with E-state index in [1.807, 2.05) is 54.6 Å². The highest BCUT2D eigenvalue weighted by atomic mass is 19.1. The summed E-state index contributed by atoms with van der Waals surface area (Å²) in [6.45, 7) is 0.887.